The number of ether oxygens (including phenoxy) is 1. The Morgan fingerprint density at radius 2 is 2.16 bits per heavy atom. The third kappa shape index (κ3) is 4.22. The van der Waals surface area contributed by atoms with E-state index in [4.69, 9.17) is 10.5 Å². The summed E-state index contributed by atoms with van der Waals surface area (Å²) in [5.41, 5.74) is 5.30. The molecule has 3 atom stereocenters. The zero-order chi connectivity index (χ0) is 14.6. The van der Waals surface area contributed by atoms with Gasteiger partial charge in [-0.15, -0.1) is 0 Å². The number of primary amides is 1. The van der Waals surface area contributed by atoms with Crippen LogP contribution in [0.1, 0.15) is 40.0 Å². The highest BCUT2D eigenvalue weighted by Gasteiger charge is 2.36. The van der Waals surface area contributed by atoms with Gasteiger partial charge in [-0.1, -0.05) is 6.92 Å². The van der Waals surface area contributed by atoms with Crippen molar-refractivity contribution < 1.29 is 19.1 Å². The average Bonchev–Trinajstić information content (AvgIpc) is 2.58. The topological polar surface area (TPSA) is 89.7 Å². The van der Waals surface area contributed by atoms with Gasteiger partial charge in [0.25, 0.3) is 0 Å². The molecule has 1 aliphatic heterocycles. The summed E-state index contributed by atoms with van der Waals surface area (Å²) in [6.07, 6.45) is 1.31. The molecule has 2 N–H and O–H groups in total. The lowest BCUT2D eigenvalue weighted by Crippen LogP contribution is -2.45. The van der Waals surface area contributed by atoms with E-state index < -0.39 is 11.9 Å². The standard InChI is InChI=1S/C13H22N2O4/c1-4-11(13(14)18)15-7-10(6-12(15)17)5-8(2)19-9(3)16/h8,10-11H,4-7H2,1-3H3,(H2,14,18)/t8?,10?,11-/m0/s1. The molecule has 6 heteroatoms. The molecule has 6 nitrogen and oxygen atoms in total. The Balaban J connectivity index is 2.57. The van der Waals surface area contributed by atoms with E-state index in [1.807, 2.05) is 6.92 Å². The normalized spacial score (nSPS) is 22.2. The van der Waals surface area contributed by atoms with Crippen LogP contribution in [0.25, 0.3) is 0 Å². The minimum absolute atomic E-state index is 0.0503. The maximum absolute atomic E-state index is 11.9. The van der Waals surface area contributed by atoms with Crippen molar-refractivity contribution in [1.29, 1.82) is 0 Å². The molecule has 0 bridgehead atoms. The van der Waals surface area contributed by atoms with Crippen LogP contribution in [-0.4, -0.2) is 41.4 Å². The highest BCUT2D eigenvalue weighted by Crippen LogP contribution is 2.25. The van der Waals surface area contributed by atoms with Gasteiger partial charge in [0, 0.05) is 19.9 Å². The monoisotopic (exact) mass is 270 g/mol. The average molecular weight is 270 g/mol. The van der Waals surface area contributed by atoms with E-state index in [-0.39, 0.29) is 23.9 Å². The lowest BCUT2D eigenvalue weighted by molar-refractivity contribution is -0.146. The summed E-state index contributed by atoms with van der Waals surface area (Å²) in [6.45, 7) is 5.51. The van der Waals surface area contributed by atoms with Crippen LogP contribution in [0.3, 0.4) is 0 Å². The highest BCUT2D eigenvalue weighted by molar-refractivity contribution is 5.87. The number of carbonyl (C=O) groups is 3. The third-order valence-corrected chi connectivity index (χ3v) is 3.36. The molecule has 0 aliphatic carbocycles. The van der Waals surface area contributed by atoms with Crippen LogP contribution in [0.5, 0.6) is 0 Å². The van der Waals surface area contributed by atoms with Crippen LogP contribution < -0.4 is 5.73 Å². The molecule has 1 saturated heterocycles. The third-order valence-electron chi connectivity index (χ3n) is 3.36. The van der Waals surface area contributed by atoms with E-state index in [1.54, 1.807) is 11.8 Å². The Kier molecular flexibility index (Phi) is 5.32. The fourth-order valence-corrected chi connectivity index (χ4v) is 2.64. The van der Waals surface area contributed by atoms with Gasteiger partial charge in [-0.25, -0.2) is 0 Å². The Morgan fingerprint density at radius 1 is 1.53 bits per heavy atom. The number of likely N-dealkylation sites (tertiary alicyclic amines) is 1. The van der Waals surface area contributed by atoms with Gasteiger partial charge in [0.05, 0.1) is 6.10 Å². The number of hydrogen-bond acceptors (Lipinski definition) is 4. The lowest BCUT2D eigenvalue weighted by Gasteiger charge is -2.24. The molecule has 0 radical (unpaired) electrons. The minimum Gasteiger partial charge on any atom is -0.463 e. The first-order valence-electron chi connectivity index (χ1n) is 6.61. The molecule has 0 saturated carbocycles. The summed E-state index contributed by atoms with van der Waals surface area (Å²) in [5.74, 6) is -0.734. The zero-order valence-corrected chi connectivity index (χ0v) is 11.7. The maximum Gasteiger partial charge on any atom is 0.302 e. The molecular weight excluding hydrogens is 248 g/mol. The van der Waals surface area contributed by atoms with Gasteiger partial charge in [-0.05, 0) is 25.7 Å². The zero-order valence-electron chi connectivity index (χ0n) is 11.7. The van der Waals surface area contributed by atoms with E-state index in [2.05, 4.69) is 0 Å². The SMILES string of the molecule is CC[C@@H](C(N)=O)N1CC(CC(C)OC(C)=O)CC1=O. The Morgan fingerprint density at radius 3 is 2.63 bits per heavy atom. The molecule has 19 heavy (non-hydrogen) atoms. The van der Waals surface area contributed by atoms with E-state index >= 15 is 0 Å². The summed E-state index contributed by atoms with van der Waals surface area (Å²) in [5, 5.41) is 0. The van der Waals surface area contributed by atoms with Gasteiger partial charge in [0.15, 0.2) is 0 Å². The molecule has 0 aromatic rings. The van der Waals surface area contributed by atoms with E-state index in [1.165, 1.54) is 6.92 Å². The lowest BCUT2D eigenvalue weighted by atomic mass is 10.0. The van der Waals surface area contributed by atoms with Crippen molar-refractivity contribution in [3.05, 3.63) is 0 Å². The number of rotatable bonds is 6. The van der Waals surface area contributed by atoms with Crippen molar-refractivity contribution in [3.63, 3.8) is 0 Å². The molecule has 1 fully saturated rings. The number of amides is 2. The van der Waals surface area contributed by atoms with Crippen LogP contribution in [0.4, 0.5) is 0 Å². The van der Waals surface area contributed by atoms with Gasteiger partial charge in [-0.3, -0.25) is 14.4 Å². The summed E-state index contributed by atoms with van der Waals surface area (Å²) in [7, 11) is 0. The molecule has 0 aromatic heterocycles. The first kappa shape index (κ1) is 15.5. The summed E-state index contributed by atoms with van der Waals surface area (Å²) < 4.78 is 5.06. The molecule has 0 aromatic carbocycles. The second-order valence-corrected chi connectivity index (χ2v) is 5.10. The molecular formula is C13H22N2O4. The smallest absolute Gasteiger partial charge is 0.302 e. The second kappa shape index (κ2) is 6.54. The first-order chi connectivity index (χ1) is 8.85. The van der Waals surface area contributed by atoms with E-state index in [9.17, 15) is 14.4 Å². The molecule has 2 unspecified atom stereocenters. The fourth-order valence-electron chi connectivity index (χ4n) is 2.64. The Bertz CT molecular complexity index is 370. The maximum atomic E-state index is 11.9. The minimum atomic E-state index is -0.526. The summed E-state index contributed by atoms with van der Waals surface area (Å²) in [6, 6.07) is -0.526. The molecule has 0 spiro atoms. The predicted octanol–water partition coefficient (Wildman–Crippen LogP) is 0.440. The predicted molar refractivity (Wildman–Crippen MR) is 68.9 cm³/mol. The fraction of sp³-hybridized carbons (Fsp3) is 0.769. The number of hydrogen-bond donors (Lipinski definition) is 1. The second-order valence-electron chi connectivity index (χ2n) is 5.10. The summed E-state index contributed by atoms with van der Waals surface area (Å²) >= 11 is 0. The molecule has 2 amide bonds. The van der Waals surface area contributed by atoms with Gasteiger partial charge in [0.2, 0.25) is 11.8 Å². The number of nitrogens with zero attached hydrogens (tertiary/aromatic N) is 1. The van der Waals surface area contributed by atoms with Gasteiger partial charge >= 0.3 is 5.97 Å². The van der Waals surface area contributed by atoms with Gasteiger partial charge in [0.1, 0.15) is 6.04 Å². The molecule has 1 rings (SSSR count). The van der Waals surface area contributed by atoms with Crippen LogP contribution in [0.15, 0.2) is 0 Å². The van der Waals surface area contributed by atoms with Gasteiger partial charge < -0.3 is 15.4 Å². The Hall–Kier alpha value is -1.59. The van der Waals surface area contributed by atoms with Crippen molar-refractivity contribution in [2.45, 2.75) is 52.2 Å². The van der Waals surface area contributed by atoms with Crippen LogP contribution in [0, 0.1) is 5.92 Å². The van der Waals surface area contributed by atoms with Gasteiger partial charge in [-0.2, -0.15) is 0 Å². The van der Waals surface area contributed by atoms with E-state index in [0.717, 1.165) is 0 Å². The van der Waals surface area contributed by atoms with Crippen LogP contribution >= 0.6 is 0 Å². The number of esters is 1. The van der Waals surface area contributed by atoms with Crippen molar-refractivity contribution in [2.75, 3.05) is 6.54 Å². The van der Waals surface area contributed by atoms with E-state index in [0.29, 0.717) is 25.8 Å². The van der Waals surface area contributed by atoms with Crippen LogP contribution in [0.2, 0.25) is 0 Å². The Labute approximate surface area is 113 Å². The van der Waals surface area contributed by atoms with Crippen molar-refractivity contribution in [3.8, 4) is 0 Å². The van der Waals surface area contributed by atoms with Crippen molar-refractivity contribution in [1.82, 2.24) is 4.90 Å². The number of carbonyl (C=O) groups excluding carboxylic acids is 3. The quantitative estimate of drug-likeness (QED) is 0.709. The van der Waals surface area contributed by atoms with Crippen molar-refractivity contribution >= 4 is 17.8 Å². The number of nitrogens with two attached hydrogens (primary N) is 1. The largest absolute Gasteiger partial charge is 0.463 e. The first-order valence-corrected chi connectivity index (χ1v) is 6.61. The van der Waals surface area contributed by atoms with Crippen LogP contribution in [-0.2, 0) is 19.1 Å². The summed E-state index contributed by atoms with van der Waals surface area (Å²) in [4.78, 5) is 35.6. The molecule has 1 heterocycles. The van der Waals surface area contributed by atoms with Crippen molar-refractivity contribution in [2.24, 2.45) is 11.7 Å². The molecule has 1 aliphatic rings. The molecule has 108 valence electrons. The highest BCUT2D eigenvalue weighted by atomic mass is 16.5.